The topological polar surface area (TPSA) is 46.9 Å². The summed E-state index contributed by atoms with van der Waals surface area (Å²) in [6.07, 6.45) is 0. The molecular weight excluding hydrogens is 281 g/mol. The van der Waals surface area contributed by atoms with Crippen LogP contribution in [0.5, 0.6) is 0 Å². The first kappa shape index (κ1) is 14.5. The summed E-state index contributed by atoms with van der Waals surface area (Å²) in [5, 5.41) is 7.31. The Morgan fingerprint density at radius 2 is 2.05 bits per heavy atom. The summed E-state index contributed by atoms with van der Waals surface area (Å²) in [5.41, 5.74) is 1.80. The van der Waals surface area contributed by atoms with E-state index >= 15 is 0 Å². The number of hydrogen-bond donors (Lipinski definition) is 1. The Kier molecular flexibility index (Phi) is 4.39. The Bertz CT molecular complexity index is 622. The molecule has 0 saturated carbocycles. The van der Waals surface area contributed by atoms with E-state index in [1.165, 1.54) is 12.1 Å². The van der Waals surface area contributed by atoms with Crippen molar-refractivity contribution in [3.05, 3.63) is 52.1 Å². The van der Waals surface area contributed by atoms with Crippen molar-refractivity contribution in [1.82, 2.24) is 15.1 Å². The zero-order valence-corrected chi connectivity index (χ0v) is 12.0. The maximum absolute atomic E-state index is 12.8. The van der Waals surface area contributed by atoms with Crippen LogP contribution in [-0.4, -0.2) is 15.7 Å². The minimum atomic E-state index is -0.303. The Hall–Kier alpha value is -1.88. The van der Waals surface area contributed by atoms with E-state index in [1.54, 1.807) is 23.7 Å². The first-order valence-electron chi connectivity index (χ1n) is 6.28. The highest BCUT2D eigenvalue weighted by Gasteiger charge is 2.19. The van der Waals surface area contributed by atoms with Crippen molar-refractivity contribution in [3.8, 4) is 0 Å². The van der Waals surface area contributed by atoms with Crippen molar-refractivity contribution in [3.63, 3.8) is 0 Å². The second-order valence-electron chi connectivity index (χ2n) is 4.37. The normalized spacial score (nSPS) is 10.6. The summed E-state index contributed by atoms with van der Waals surface area (Å²) >= 11 is 6.10. The van der Waals surface area contributed by atoms with Gasteiger partial charge < -0.3 is 5.32 Å². The van der Waals surface area contributed by atoms with Crippen LogP contribution < -0.4 is 5.32 Å². The molecule has 0 spiro atoms. The van der Waals surface area contributed by atoms with Gasteiger partial charge in [0.1, 0.15) is 11.5 Å². The van der Waals surface area contributed by atoms with Gasteiger partial charge in [-0.1, -0.05) is 23.7 Å². The van der Waals surface area contributed by atoms with E-state index in [4.69, 9.17) is 11.6 Å². The van der Waals surface area contributed by atoms with Gasteiger partial charge in [-0.25, -0.2) is 4.39 Å². The summed E-state index contributed by atoms with van der Waals surface area (Å²) in [5.74, 6) is -0.593. The van der Waals surface area contributed by atoms with Crippen LogP contribution in [0.2, 0.25) is 5.02 Å². The molecule has 6 heteroatoms. The highest BCUT2D eigenvalue weighted by Crippen LogP contribution is 2.20. The number of hydrogen-bond acceptors (Lipinski definition) is 2. The Balaban J connectivity index is 2.11. The molecule has 0 unspecified atom stereocenters. The Labute approximate surface area is 121 Å². The zero-order valence-electron chi connectivity index (χ0n) is 11.3. The van der Waals surface area contributed by atoms with Crippen molar-refractivity contribution in [2.75, 3.05) is 0 Å². The van der Waals surface area contributed by atoms with Gasteiger partial charge >= 0.3 is 0 Å². The summed E-state index contributed by atoms with van der Waals surface area (Å²) in [7, 11) is 0. The molecule has 1 N–H and O–H groups in total. The molecule has 1 heterocycles. The fraction of sp³-hybridized carbons (Fsp3) is 0.286. The second-order valence-corrected chi connectivity index (χ2v) is 4.75. The molecular formula is C14H15ClFN3O. The molecule has 2 aromatic rings. The first-order chi connectivity index (χ1) is 9.52. The minimum Gasteiger partial charge on any atom is -0.347 e. The van der Waals surface area contributed by atoms with Crippen LogP contribution in [0.4, 0.5) is 4.39 Å². The number of carbonyl (C=O) groups excluding carboxylic acids is 1. The van der Waals surface area contributed by atoms with Crippen molar-refractivity contribution >= 4 is 17.5 Å². The summed E-state index contributed by atoms with van der Waals surface area (Å²) in [4.78, 5) is 12.2. The van der Waals surface area contributed by atoms with E-state index in [0.29, 0.717) is 29.5 Å². The molecule has 0 aliphatic carbocycles. The van der Waals surface area contributed by atoms with Gasteiger partial charge in [-0.15, -0.1) is 0 Å². The van der Waals surface area contributed by atoms with Gasteiger partial charge in [0.15, 0.2) is 0 Å². The van der Waals surface area contributed by atoms with Gasteiger partial charge in [0.05, 0.1) is 10.7 Å². The molecule has 1 aromatic heterocycles. The van der Waals surface area contributed by atoms with Gasteiger partial charge in [-0.3, -0.25) is 9.48 Å². The lowest BCUT2D eigenvalue weighted by Gasteiger charge is -2.07. The van der Waals surface area contributed by atoms with Gasteiger partial charge in [0, 0.05) is 13.1 Å². The standard InChI is InChI=1S/C14H15ClFN3O/c1-3-19-13(12(15)9(2)18-19)14(20)17-8-10-4-6-11(16)7-5-10/h4-7H,3,8H2,1-2H3,(H,17,20). The summed E-state index contributed by atoms with van der Waals surface area (Å²) < 4.78 is 14.4. The van der Waals surface area contributed by atoms with Crippen molar-refractivity contribution in [2.24, 2.45) is 0 Å². The van der Waals surface area contributed by atoms with Gasteiger partial charge in [0.2, 0.25) is 0 Å². The first-order valence-corrected chi connectivity index (χ1v) is 6.66. The van der Waals surface area contributed by atoms with E-state index in [0.717, 1.165) is 5.56 Å². The maximum Gasteiger partial charge on any atom is 0.271 e. The monoisotopic (exact) mass is 295 g/mol. The molecule has 4 nitrogen and oxygen atoms in total. The molecule has 106 valence electrons. The smallest absolute Gasteiger partial charge is 0.271 e. The van der Waals surface area contributed by atoms with E-state index in [1.807, 2.05) is 6.92 Å². The minimum absolute atomic E-state index is 0.290. The van der Waals surface area contributed by atoms with Crippen LogP contribution in [0.25, 0.3) is 0 Å². The van der Waals surface area contributed by atoms with Crippen LogP contribution in [0, 0.1) is 12.7 Å². The summed E-state index contributed by atoms with van der Waals surface area (Å²) in [6, 6.07) is 5.96. The fourth-order valence-electron chi connectivity index (χ4n) is 1.87. The molecule has 0 radical (unpaired) electrons. The van der Waals surface area contributed by atoms with Crippen molar-refractivity contribution in [2.45, 2.75) is 26.9 Å². The number of nitrogens with zero attached hydrogens (tertiary/aromatic N) is 2. The van der Waals surface area contributed by atoms with Crippen molar-refractivity contribution in [1.29, 1.82) is 0 Å². The number of aromatic nitrogens is 2. The molecule has 0 aliphatic rings. The average Bonchev–Trinajstić information content (AvgIpc) is 2.73. The average molecular weight is 296 g/mol. The molecule has 0 saturated heterocycles. The lowest BCUT2D eigenvalue weighted by atomic mass is 10.2. The Morgan fingerprint density at radius 3 is 2.65 bits per heavy atom. The molecule has 0 fully saturated rings. The van der Waals surface area contributed by atoms with Crippen LogP contribution in [0.3, 0.4) is 0 Å². The number of amides is 1. The molecule has 0 atom stereocenters. The molecule has 1 aromatic carbocycles. The third-order valence-electron chi connectivity index (χ3n) is 2.94. The predicted octanol–water partition coefficient (Wildman–Crippen LogP) is 2.93. The molecule has 0 aliphatic heterocycles. The quantitative estimate of drug-likeness (QED) is 0.943. The third-order valence-corrected chi connectivity index (χ3v) is 3.39. The van der Waals surface area contributed by atoms with Crippen LogP contribution >= 0.6 is 11.6 Å². The molecule has 20 heavy (non-hydrogen) atoms. The lowest BCUT2D eigenvalue weighted by Crippen LogP contribution is -2.26. The summed E-state index contributed by atoms with van der Waals surface area (Å²) in [6.45, 7) is 4.51. The molecule has 1 amide bonds. The van der Waals surface area contributed by atoms with E-state index in [9.17, 15) is 9.18 Å². The van der Waals surface area contributed by atoms with Crippen LogP contribution in [0.15, 0.2) is 24.3 Å². The highest BCUT2D eigenvalue weighted by atomic mass is 35.5. The number of aryl methyl sites for hydroxylation is 2. The third kappa shape index (κ3) is 2.99. The van der Waals surface area contributed by atoms with E-state index in [-0.39, 0.29) is 11.7 Å². The predicted molar refractivity (Wildman–Crippen MR) is 75.2 cm³/mol. The number of rotatable bonds is 4. The molecule has 2 rings (SSSR count). The number of halogens is 2. The SMILES string of the molecule is CCn1nc(C)c(Cl)c1C(=O)NCc1ccc(F)cc1. The molecule has 0 bridgehead atoms. The highest BCUT2D eigenvalue weighted by molar-refractivity contribution is 6.34. The van der Waals surface area contributed by atoms with Gasteiger partial charge in [-0.05, 0) is 31.5 Å². The number of benzene rings is 1. The van der Waals surface area contributed by atoms with E-state index < -0.39 is 0 Å². The van der Waals surface area contributed by atoms with Crippen LogP contribution in [-0.2, 0) is 13.1 Å². The van der Waals surface area contributed by atoms with E-state index in [2.05, 4.69) is 10.4 Å². The zero-order chi connectivity index (χ0) is 14.7. The van der Waals surface area contributed by atoms with Gasteiger partial charge in [-0.2, -0.15) is 5.10 Å². The second kappa shape index (κ2) is 6.05. The van der Waals surface area contributed by atoms with Gasteiger partial charge in [0.25, 0.3) is 5.91 Å². The Morgan fingerprint density at radius 1 is 1.40 bits per heavy atom. The largest absolute Gasteiger partial charge is 0.347 e. The number of carbonyl (C=O) groups is 1. The van der Waals surface area contributed by atoms with Crippen LogP contribution in [0.1, 0.15) is 28.7 Å². The maximum atomic E-state index is 12.8. The van der Waals surface area contributed by atoms with Crippen molar-refractivity contribution < 1.29 is 9.18 Å². The lowest BCUT2D eigenvalue weighted by molar-refractivity contribution is 0.0940. The fourth-order valence-corrected chi connectivity index (χ4v) is 2.09. The number of nitrogens with one attached hydrogen (secondary N) is 1.